The first-order chi connectivity index (χ1) is 6.20. The Morgan fingerprint density at radius 2 is 2.15 bits per heavy atom. The van der Waals surface area contributed by atoms with Gasteiger partial charge in [-0.3, -0.25) is 0 Å². The zero-order valence-electron chi connectivity index (χ0n) is 6.61. The molecule has 0 aliphatic carbocycles. The summed E-state index contributed by atoms with van der Waals surface area (Å²) in [6.07, 6.45) is 1.37. The lowest BCUT2D eigenvalue weighted by molar-refractivity contribution is 0.0699. The van der Waals surface area contributed by atoms with Gasteiger partial charge in [-0.25, -0.2) is 4.79 Å². The molecule has 0 spiro atoms. The Balaban J connectivity index is 2.86. The molecule has 0 amide bonds. The van der Waals surface area contributed by atoms with Crippen LogP contribution in [0.2, 0.25) is 0 Å². The molecule has 0 saturated heterocycles. The van der Waals surface area contributed by atoms with Crippen LogP contribution in [0, 0.1) is 0 Å². The van der Waals surface area contributed by atoms with Crippen LogP contribution in [0.1, 0.15) is 10.4 Å². The number of H-pyrrole nitrogens is 1. The number of rotatable bonds is 1. The van der Waals surface area contributed by atoms with Gasteiger partial charge in [-0.15, -0.1) is 0 Å². The van der Waals surface area contributed by atoms with E-state index in [4.69, 9.17) is 5.11 Å². The maximum Gasteiger partial charge on any atom is 0.338 e. The molecule has 0 radical (unpaired) electrons. The molecule has 0 atom stereocenters. The number of carboxylic acid groups (broad SMARTS) is 1. The van der Waals surface area contributed by atoms with E-state index >= 15 is 0 Å². The topological polar surface area (TPSA) is 73.3 Å². The number of carbonyl (C=O) groups is 1. The summed E-state index contributed by atoms with van der Waals surface area (Å²) in [6.45, 7) is 0. The standard InChI is InChI=1S/C9H7NO3/c11-7-3-1-2-6-8(7)5(4-10-6)9(12)13/h1-4,10-11H,(H,12,13). The Morgan fingerprint density at radius 1 is 1.38 bits per heavy atom. The molecule has 1 aromatic heterocycles. The van der Waals surface area contributed by atoms with E-state index in [-0.39, 0.29) is 11.3 Å². The van der Waals surface area contributed by atoms with Gasteiger partial charge in [0, 0.05) is 6.20 Å². The lowest BCUT2D eigenvalue weighted by Gasteiger charge is -1.95. The number of aromatic amines is 1. The molecule has 0 unspecified atom stereocenters. The minimum Gasteiger partial charge on any atom is -0.507 e. The van der Waals surface area contributed by atoms with Crippen LogP contribution in [-0.2, 0) is 0 Å². The highest BCUT2D eigenvalue weighted by molar-refractivity contribution is 6.05. The van der Waals surface area contributed by atoms with E-state index in [1.165, 1.54) is 12.3 Å². The summed E-state index contributed by atoms with van der Waals surface area (Å²) in [5, 5.41) is 18.5. The Bertz CT molecular complexity index is 473. The van der Waals surface area contributed by atoms with Crippen molar-refractivity contribution in [1.82, 2.24) is 4.98 Å². The number of hydrogen-bond acceptors (Lipinski definition) is 2. The van der Waals surface area contributed by atoms with E-state index in [0.717, 1.165) is 0 Å². The van der Waals surface area contributed by atoms with Gasteiger partial charge < -0.3 is 15.2 Å². The smallest absolute Gasteiger partial charge is 0.338 e. The fraction of sp³-hybridized carbons (Fsp3) is 0. The Kier molecular flexibility index (Phi) is 1.48. The highest BCUT2D eigenvalue weighted by atomic mass is 16.4. The SMILES string of the molecule is O=C(O)c1c[nH]c2cccc(O)c12. The summed E-state index contributed by atoms with van der Waals surface area (Å²) in [7, 11) is 0. The average molecular weight is 177 g/mol. The maximum absolute atomic E-state index is 10.7. The van der Waals surface area contributed by atoms with Crippen LogP contribution in [0.4, 0.5) is 0 Å². The lowest BCUT2D eigenvalue weighted by Crippen LogP contribution is -1.93. The molecule has 3 N–H and O–H groups in total. The number of phenolic OH excluding ortho intramolecular Hbond substituents is 1. The number of aromatic carboxylic acids is 1. The molecular formula is C9H7NO3. The van der Waals surface area contributed by atoms with Gasteiger partial charge in [0.1, 0.15) is 5.75 Å². The van der Waals surface area contributed by atoms with Gasteiger partial charge >= 0.3 is 5.97 Å². The molecule has 4 heteroatoms. The van der Waals surface area contributed by atoms with Crippen molar-refractivity contribution in [3.8, 4) is 5.75 Å². The van der Waals surface area contributed by atoms with E-state index < -0.39 is 5.97 Å². The number of carboxylic acids is 1. The van der Waals surface area contributed by atoms with E-state index in [1.54, 1.807) is 12.1 Å². The average Bonchev–Trinajstić information content (AvgIpc) is 2.49. The number of fused-ring (bicyclic) bond motifs is 1. The zero-order chi connectivity index (χ0) is 9.42. The second kappa shape index (κ2) is 2.52. The summed E-state index contributed by atoms with van der Waals surface area (Å²) in [5.41, 5.74) is 0.713. The monoisotopic (exact) mass is 177 g/mol. The Labute approximate surface area is 73.4 Å². The van der Waals surface area contributed by atoms with Gasteiger partial charge in [-0.05, 0) is 12.1 Å². The first kappa shape index (κ1) is 7.67. The summed E-state index contributed by atoms with van der Waals surface area (Å²) >= 11 is 0. The van der Waals surface area contributed by atoms with Crippen LogP contribution in [0.3, 0.4) is 0 Å². The van der Waals surface area contributed by atoms with Crippen LogP contribution >= 0.6 is 0 Å². The van der Waals surface area contributed by atoms with Crippen LogP contribution < -0.4 is 0 Å². The predicted octanol–water partition coefficient (Wildman–Crippen LogP) is 1.57. The third-order valence-corrected chi connectivity index (χ3v) is 1.91. The number of hydrogen-bond donors (Lipinski definition) is 3. The van der Waals surface area contributed by atoms with Gasteiger partial charge in [-0.2, -0.15) is 0 Å². The van der Waals surface area contributed by atoms with Gasteiger partial charge in [0.25, 0.3) is 0 Å². The Hall–Kier alpha value is -1.97. The van der Waals surface area contributed by atoms with Gasteiger partial charge in [0.05, 0.1) is 16.5 Å². The van der Waals surface area contributed by atoms with Crippen LogP contribution in [0.25, 0.3) is 10.9 Å². The van der Waals surface area contributed by atoms with Gasteiger partial charge in [0.2, 0.25) is 0 Å². The van der Waals surface area contributed by atoms with Gasteiger partial charge in [-0.1, -0.05) is 6.07 Å². The van der Waals surface area contributed by atoms with E-state index in [2.05, 4.69) is 4.98 Å². The second-order valence-corrected chi connectivity index (χ2v) is 2.71. The highest BCUT2D eigenvalue weighted by Crippen LogP contribution is 2.27. The van der Waals surface area contributed by atoms with Crippen molar-refractivity contribution >= 4 is 16.9 Å². The summed E-state index contributed by atoms with van der Waals surface area (Å²) in [5.74, 6) is -1.07. The molecule has 0 bridgehead atoms. The Morgan fingerprint density at radius 3 is 2.85 bits per heavy atom. The number of aromatic hydroxyl groups is 1. The molecule has 1 aromatic carbocycles. The largest absolute Gasteiger partial charge is 0.507 e. The van der Waals surface area contributed by atoms with Crippen molar-refractivity contribution in [2.45, 2.75) is 0 Å². The molecule has 0 fully saturated rings. The molecular weight excluding hydrogens is 170 g/mol. The van der Waals surface area contributed by atoms with E-state index in [1.807, 2.05) is 0 Å². The number of phenols is 1. The number of nitrogens with one attached hydrogen (secondary N) is 1. The molecule has 0 aliphatic heterocycles. The fourth-order valence-electron chi connectivity index (χ4n) is 1.33. The van der Waals surface area contributed by atoms with Crippen molar-refractivity contribution in [3.05, 3.63) is 30.0 Å². The van der Waals surface area contributed by atoms with Gasteiger partial charge in [0.15, 0.2) is 0 Å². The van der Waals surface area contributed by atoms with Crippen LogP contribution in [-0.4, -0.2) is 21.2 Å². The van der Waals surface area contributed by atoms with Crippen molar-refractivity contribution in [1.29, 1.82) is 0 Å². The van der Waals surface area contributed by atoms with Crippen molar-refractivity contribution in [2.75, 3.05) is 0 Å². The molecule has 0 saturated carbocycles. The summed E-state index contributed by atoms with van der Waals surface area (Å²) in [6, 6.07) is 4.82. The minimum atomic E-state index is -1.05. The molecule has 66 valence electrons. The maximum atomic E-state index is 10.7. The van der Waals surface area contributed by atoms with E-state index in [0.29, 0.717) is 10.9 Å². The van der Waals surface area contributed by atoms with Crippen LogP contribution in [0.15, 0.2) is 24.4 Å². The quantitative estimate of drug-likeness (QED) is 0.619. The second-order valence-electron chi connectivity index (χ2n) is 2.71. The first-order valence-electron chi connectivity index (χ1n) is 3.72. The molecule has 1 heterocycles. The first-order valence-corrected chi connectivity index (χ1v) is 3.72. The van der Waals surface area contributed by atoms with Crippen molar-refractivity contribution in [2.24, 2.45) is 0 Å². The molecule has 0 aliphatic rings. The predicted molar refractivity (Wildman–Crippen MR) is 46.9 cm³/mol. The van der Waals surface area contributed by atoms with Crippen LogP contribution in [0.5, 0.6) is 5.75 Å². The minimum absolute atomic E-state index is 0.0175. The van der Waals surface area contributed by atoms with E-state index in [9.17, 15) is 9.90 Å². The molecule has 13 heavy (non-hydrogen) atoms. The van der Waals surface area contributed by atoms with Crippen molar-refractivity contribution in [3.63, 3.8) is 0 Å². The number of benzene rings is 1. The molecule has 2 aromatic rings. The molecule has 4 nitrogen and oxygen atoms in total. The normalized spacial score (nSPS) is 10.5. The molecule has 2 rings (SSSR count). The fourth-order valence-corrected chi connectivity index (χ4v) is 1.33. The number of aromatic nitrogens is 1. The lowest BCUT2D eigenvalue weighted by atomic mass is 10.1. The zero-order valence-corrected chi connectivity index (χ0v) is 6.61. The van der Waals surface area contributed by atoms with Crippen molar-refractivity contribution < 1.29 is 15.0 Å². The highest BCUT2D eigenvalue weighted by Gasteiger charge is 2.12. The third kappa shape index (κ3) is 1.03. The third-order valence-electron chi connectivity index (χ3n) is 1.91. The summed E-state index contributed by atoms with van der Waals surface area (Å²) in [4.78, 5) is 13.5. The summed E-state index contributed by atoms with van der Waals surface area (Å²) < 4.78 is 0.